The smallest absolute Gasteiger partial charge is 0.315 e. The first-order valence-corrected chi connectivity index (χ1v) is 4.12. The minimum absolute atomic E-state index is 0.147. The van der Waals surface area contributed by atoms with Gasteiger partial charge in [-0.15, -0.1) is 0 Å². The molecule has 0 spiro atoms. The quantitative estimate of drug-likeness (QED) is 0.625. The lowest BCUT2D eigenvalue weighted by molar-refractivity contribution is 0.518. The summed E-state index contributed by atoms with van der Waals surface area (Å²) in [5.41, 5.74) is -0.147. The van der Waals surface area contributed by atoms with E-state index >= 15 is 0 Å². The molecular weight excluding hydrogens is 154 g/mol. The Labute approximate surface area is 70.2 Å². The van der Waals surface area contributed by atoms with Crippen LogP contribution in [0.2, 0.25) is 0 Å². The molecule has 0 radical (unpaired) electrons. The molecule has 0 bridgehead atoms. The van der Waals surface area contributed by atoms with E-state index in [2.05, 4.69) is 10.3 Å². The van der Waals surface area contributed by atoms with Crippen LogP contribution >= 0.6 is 0 Å². The van der Waals surface area contributed by atoms with Gasteiger partial charge in [0.05, 0.1) is 6.04 Å². The lowest BCUT2D eigenvalue weighted by Crippen LogP contribution is -2.27. The second kappa shape index (κ2) is 3.06. The molecule has 1 N–H and O–H groups in total. The van der Waals surface area contributed by atoms with Gasteiger partial charge in [-0.2, -0.15) is 0 Å². The monoisotopic (exact) mass is 165 g/mol. The van der Waals surface area contributed by atoms with Crippen LogP contribution in [0, 0.1) is 0 Å². The van der Waals surface area contributed by atoms with E-state index in [0.717, 1.165) is 19.5 Å². The number of hydrogen-bond donors (Lipinski definition) is 1. The van der Waals surface area contributed by atoms with Crippen molar-refractivity contribution in [2.24, 2.45) is 0 Å². The van der Waals surface area contributed by atoms with Crippen molar-refractivity contribution in [3.8, 4) is 0 Å². The summed E-state index contributed by atoms with van der Waals surface area (Å²) in [5.74, 6) is 0. The molecule has 2 heterocycles. The SMILES string of the molecule is O=c1ncccn1C1CCNC1. The molecule has 1 unspecified atom stereocenters. The van der Waals surface area contributed by atoms with Crippen LogP contribution in [0.15, 0.2) is 23.3 Å². The zero-order valence-electron chi connectivity index (χ0n) is 6.73. The van der Waals surface area contributed by atoms with Gasteiger partial charge in [0.1, 0.15) is 0 Å². The Morgan fingerprint density at radius 2 is 2.58 bits per heavy atom. The summed E-state index contributed by atoms with van der Waals surface area (Å²) in [6.07, 6.45) is 4.35. The van der Waals surface area contributed by atoms with Crippen molar-refractivity contribution < 1.29 is 0 Å². The second-order valence-corrected chi connectivity index (χ2v) is 2.96. The van der Waals surface area contributed by atoms with Crippen molar-refractivity contribution in [2.45, 2.75) is 12.5 Å². The van der Waals surface area contributed by atoms with E-state index in [9.17, 15) is 4.79 Å². The summed E-state index contributed by atoms with van der Waals surface area (Å²) in [5, 5.41) is 3.21. The van der Waals surface area contributed by atoms with E-state index in [1.54, 1.807) is 16.8 Å². The van der Waals surface area contributed by atoms with Crippen molar-refractivity contribution in [1.29, 1.82) is 0 Å². The zero-order valence-corrected chi connectivity index (χ0v) is 6.73. The third-order valence-corrected chi connectivity index (χ3v) is 2.17. The standard InChI is InChI=1S/C8H11N3O/c12-8-10-3-1-5-11(8)7-2-4-9-6-7/h1,3,5,7,9H,2,4,6H2. The van der Waals surface area contributed by atoms with E-state index < -0.39 is 0 Å². The van der Waals surface area contributed by atoms with Crippen LogP contribution in [0.5, 0.6) is 0 Å². The third kappa shape index (κ3) is 1.25. The molecule has 0 amide bonds. The molecule has 4 nitrogen and oxygen atoms in total. The highest BCUT2D eigenvalue weighted by Crippen LogP contribution is 2.10. The van der Waals surface area contributed by atoms with E-state index in [0.29, 0.717) is 6.04 Å². The van der Waals surface area contributed by atoms with Gasteiger partial charge in [-0.05, 0) is 19.0 Å². The van der Waals surface area contributed by atoms with Crippen LogP contribution in [0.1, 0.15) is 12.5 Å². The number of nitrogens with one attached hydrogen (secondary N) is 1. The minimum atomic E-state index is -0.147. The summed E-state index contributed by atoms with van der Waals surface area (Å²) in [6, 6.07) is 2.09. The normalized spacial score (nSPS) is 22.8. The van der Waals surface area contributed by atoms with Gasteiger partial charge in [-0.3, -0.25) is 4.57 Å². The van der Waals surface area contributed by atoms with Gasteiger partial charge in [0.2, 0.25) is 0 Å². The number of nitrogens with zero attached hydrogens (tertiary/aromatic N) is 2. The van der Waals surface area contributed by atoms with Crippen LogP contribution in [-0.2, 0) is 0 Å². The van der Waals surface area contributed by atoms with Crippen molar-refractivity contribution in [1.82, 2.24) is 14.9 Å². The molecule has 64 valence electrons. The molecule has 0 aliphatic carbocycles. The Bertz CT molecular complexity index is 314. The Morgan fingerprint density at radius 3 is 3.25 bits per heavy atom. The summed E-state index contributed by atoms with van der Waals surface area (Å²) >= 11 is 0. The van der Waals surface area contributed by atoms with E-state index in [-0.39, 0.29) is 5.69 Å². The average molecular weight is 165 g/mol. The molecule has 1 aliphatic rings. The summed E-state index contributed by atoms with van der Waals surface area (Å²) in [6.45, 7) is 1.87. The lowest BCUT2D eigenvalue weighted by Gasteiger charge is -2.10. The molecule has 1 atom stereocenters. The molecule has 1 aliphatic heterocycles. The molecule has 0 aromatic carbocycles. The lowest BCUT2D eigenvalue weighted by atomic mass is 10.2. The van der Waals surface area contributed by atoms with Crippen LogP contribution in [0.3, 0.4) is 0 Å². The third-order valence-electron chi connectivity index (χ3n) is 2.17. The predicted molar refractivity (Wildman–Crippen MR) is 45.0 cm³/mol. The summed E-state index contributed by atoms with van der Waals surface area (Å²) in [7, 11) is 0. The largest absolute Gasteiger partial charge is 0.347 e. The summed E-state index contributed by atoms with van der Waals surface area (Å²) in [4.78, 5) is 14.9. The van der Waals surface area contributed by atoms with Crippen LogP contribution in [0.4, 0.5) is 0 Å². The zero-order chi connectivity index (χ0) is 8.39. The number of rotatable bonds is 1. The maximum atomic E-state index is 11.2. The molecule has 1 saturated heterocycles. The van der Waals surface area contributed by atoms with Gasteiger partial charge in [0, 0.05) is 18.9 Å². The van der Waals surface area contributed by atoms with Crippen molar-refractivity contribution in [3.63, 3.8) is 0 Å². The van der Waals surface area contributed by atoms with Gasteiger partial charge in [0.25, 0.3) is 0 Å². The molecule has 2 rings (SSSR count). The Hall–Kier alpha value is -1.16. The van der Waals surface area contributed by atoms with Crippen LogP contribution in [0.25, 0.3) is 0 Å². The van der Waals surface area contributed by atoms with Gasteiger partial charge in [-0.25, -0.2) is 9.78 Å². The molecule has 12 heavy (non-hydrogen) atoms. The Balaban J connectivity index is 2.32. The van der Waals surface area contributed by atoms with Crippen LogP contribution in [-0.4, -0.2) is 22.6 Å². The first-order chi connectivity index (χ1) is 5.88. The highest BCUT2D eigenvalue weighted by Gasteiger charge is 2.16. The van der Waals surface area contributed by atoms with Crippen molar-refractivity contribution >= 4 is 0 Å². The molecular formula is C8H11N3O. The van der Waals surface area contributed by atoms with Crippen LogP contribution < -0.4 is 11.0 Å². The highest BCUT2D eigenvalue weighted by molar-refractivity contribution is 4.87. The molecule has 4 heteroatoms. The van der Waals surface area contributed by atoms with E-state index in [4.69, 9.17) is 0 Å². The van der Waals surface area contributed by atoms with Crippen molar-refractivity contribution in [2.75, 3.05) is 13.1 Å². The van der Waals surface area contributed by atoms with Gasteiger partial charge >= 0.3 is 5.69 Å². The summed E-state index contributed by atoms with van der Waals surface area (Å²) < 4.78 is 1.69. The molecule has 1 aromatic rings. The molecule has 1 fully saturated rings. The fraction of sp³-hybridized carbons (Fsp3) is 0.500. The fourth-order valence-corrected chi connectivity index (χ4v) is 1.52. The Morgan fingerprint density at radius 1 is 1.67 bits per heavy atom. The van der Waals surface area contributed by atoms with Gasteiger partial charge in [-0.1, -0.05) is 0 Å². The maximum Gasteiger partial charge on any atom is 0.347 e. The maximum absolute atomic E-state index is 11.2. The van der Waals surface area contributed by atoms with Crippen molar-refractivity contribution in [3.05, 3.63) is 28.9 Å². The minimum Gasteiger partial charge on any atom is -0.315 e. The van der Waals surface area contributed by atoms with E-state index in [1.807, 2.05) is 0 Å². The van der Waals surface area contributed by atoms with Gasteiger partial charge in [0.15, 0.2) is 0 Å². The first kappa shape index (κ1) is 7.49. The first-order valence-electron chi connectivity index (χ1n) is 4.12. The Kier molecular flexibility index (Phi) is 1.91. The van der Waals surface area contributed by atoms with E-state index in [1.165, 1.54) is 6.20 Å². The highest BCUT2D eigenvalue weighted by atomic mass is 16.1. The number of hydrogen-bond acceptors (Lipinski definition) is 3. The average Bonchev–Trinajstić information content (AvgIpc) is 2.57. The predicted octanol–water partition coefficient (Wildman–Crippen LogP) is -0.222. The topological polar surface area (TPSA) is 46.9 Å². The molecule has 1 aromatic heterocycles. The van der Waals surface area contributed by atoms with Gasteiger partial charge < -0.3 is 5.32 Å². The molecule has 0 saturated carbocycles. The number of aromatic nitrogens is 2. The second-order valence-electron chi connectivity index (χ2n) is 2.96. The fourth-order valence-electron chi connectivity index (χ4n) is 1.52.